The number of rotatable bonds is 6. The summed E-state index contributed by atoms with van der Waals surface area (Å²) in [6, 6.07) is 1.99. The van der Waals surface area contributed by atoms with Gasteiger partial charge >= 0.3 is 5.97 Å². The van der Waals surface area contributed by atoms with Crippen LogP contribution in [0.3, 0.4) is 0 Å². The fourth-order valence-electron chi connectivity index (χ4n) is 2.82. The maximum absolute atomic E-state index is 11.5. The molecular weight excluding hydrogens is 268 g/mol. The van der Waals surface area contributed by atoms with Crippen LogP contribution >= 0.6 is 0 Å². The van der Waals surface area contributed by atoms with Gasteiger partial charge in [0.2, 0.25) is 0 Å². The van der Waals surface area contributed by atoms with Crippen molar-refractivity contribution in [1.29, 1.82) is 0 Å². The normalized spacial score (nSPS) is 18.8. The van der Waals surface area contributed by atoms with Gasteiger partial charge in [-0.1, -0.05) is 25.1 Å². The Morgan fingerprint density at radius 2 is 2.24 bits per heavy atom. The van der Waals surface area contributed by atoms with Crippen molar-refractivity contribution < 1.29 is 14.4 Å². The van der Waals surface area contributed by atoms with Crippen LogP contribution in [0.4, 0.5) is 0 Å². The Balaban J connectivity index is 1.94. The van der Waals surface area contributed by atoms with Crippen molar-refractivity contribution >= 4 is 5.97 Å². The van der Waals surface area contributed by atoms with Crippen molar-refractivity contribution in [2.24, 2.45) is 5.41 Å². The summed E-state index contributed by atoms with van der Waals surface area (Å²) in [6.45, 7) is 10.1. The van der Waals surface area contributed by atoms with E-state index < -0.39 is 11.4 Å². The lowest BCUT2D eigenvalue weighted by Crippen LogP contribution is -2.43. The van der Waals surface area contributed by atoms with Crippen molar-refractivity contribution in [3.8, 4) is 0 Å². The van der Waals surface area contributed by atoms with E-state index in [-0.39, 0.29) is 0 Å². The van der Waals surface area contributed by atoms with Gasteiger partial charge in [-0.05, 0) is 32.4 Å². The molecule has 0 spiro atoms. The van der Waals surface area contributed by atoms with Crippen molar-refractivity contribution in [1.82, 2.24) is 10.1 Å². The van der Waals surface area contributed by atoms with Crippen LogP contribution in [0.5, 0.6) is 0 Å². The van der Waals surface area contributed by atoms with Crippen LogP contribution in [0, 0.1) is 5.41 Å². The van der Waals surface area contributed by atoms with Gasteiger partial charge in [-0.2, -0.15) is 0 Å². The third kappa shape index (κ3) is 3.53. The number of carbonyl (C=O) groups is 1. The Bertz CT molecular complexity index is 499. The largest absolute Gasteiger partial charge is 0.481 e. The topological polar surface area (TPSA) is 66.6 Å². The van der Waals surface area contributed by atoms with Crippen LogP contribution in [0.15, 0.2) is 23.2 Å². The molecule has 5 heteroatoms. The minimum atomic E-state index is -0.703. The summed E-state index contributed by atoms with van der Waals surface area (Å²) in [5, 5.41) is 13.6. The highest BCUT2D eigenvalue weighted by atomic mass is 16.5. The molecule has 0 amide bonds. The zero-order valence-corrected chi connectivity index (χ0v) is 12.8. The standard InChI is InChI=1S/C16H24N2O3/c1-4-5-16(15(19)20)6-8-18(9-7-16)11-13-10-14(12(2)3)21-17-13/h4,10,12H,1,5-9,11H2,2-3H3,(H,19,20). The average molecular weight is 292 g/mol. The Morgan fingerprint density at radius 1 is 1.57 bits per heavy atom. The second kappa shape index (κ2) is 6.43. The first-order chi connectivity index (χ1) is 9.97. The predicted octanol–water partition coefficient (Wildman–Crippen LogP) is 3.04. The van der Waals surface area contributed by atoms with Crippen LogP contribution in [-0.4, -0.2) is 34.2 Å². The third-order valence-electron chi connectivity index (χ3n) is 4.33. The van der Waals surface area contributed by atoms with E-state index in [9.17, 15) is 9.90 Å². The molecule has 5 nitrogen and oxygen atoms in total. The molecule has 0 aromatic carbocycles. The van der Waals surface area contributed by atoms with Gasteiger partial charge in [0.25, 0.3) is 0 Å². The Hall–Kier alpha value is -1.62. The molecule has 0 bridgehead atoms. The molecule has 1 aromatic rings. The van der Waals surface area contributed by atoms with Crippen LogP contribution in [0.1, 0.15) is 50.5 Å². The van der Waals surface area contributed by atoms with Gasteiger partial charge in [-0.3, -0.25) is 9.69 Å². The Morgan fingerprint density at radius 3 is 2.71 bits per heavy atom. The molecular formula is C16H24N2O3. The molecule has 0 saturated carbocycles. The number of hydrogen-bond acceptors (Lipinski definition) is 4. The minimum absolute atomic E-state index is 0.333. The number of hydrogen-bond donors (Lipinski definition) is 1. The second-order valence-electron chi connectivity index (χ2n) is 6.23. The fourth-order valence-corrected chi connectivity index (χ4v) is 2.82. The third-order valence-corrected chi connectivity index (χ3v) is 4.33. The molecule has 1 aliphatic rings. The molecule has 1 fully saturated rings. The minimum Gasteiger partial charge on any atom is -0.481 e. The zero-order valence-electron chi connectivity index (χ0n) is 12.8. The quantitative estimate of drug-likeness (QED) is 0.816. The first kappa shape index (κ1) is 15.8. The SMILES string of the molecule is C=CCC1(C(=O)O)CCN(Cc2cc(C(C)C)on2)CC1. The van der Waals surface area contributed by atoms with Gasteiger partial charge in [0.1, 0.15) is 5.76 Å². The molecule has 116 valence electrons. The van der Waals surface area contributed by atoms with E-state index in [2.05, 4.69) is 30.5 Å². The highest BCUT2D eigenvalue weighted by Gasteiger charge is 2.40. The zero-order chi connectivity index (χ0) is 15.5. The number of nitrogens with zero attached hydrogens (tertiary/aromatic N) is 2. The van der Waals surface area contributed by atoms with Crippen LogP contribution < -0.4 is 0 Å². The lowest BCUT2D eigenvalue weighted by Gasteiger charge is -2.38. The van der Waals surface area contributed by atoms with Crippen molar-refractivity contribution in [3.05, 3.63) is 30.2 Å². The molecule has 0 atom stereocenters. The number of carboxylic acids is 1. The summed E-state index contributed by atoms with van der Waals surface area (Å²) < 4.78 is 5.30. The fraction of sp³-hybridized carbons (Fsp3) is 0.625. The molecule has 1 N–H and O–H groups in total. The monoisotopic (exact) mass is 292 g/mol. The second-order valence-corrected chi connectivity index (χ2v) is 6.23. The van der Waals surface area contributed by atoms with E-state index >= 15 is 0 Å². The van der Waals surface area contributed by atoms with Crippen molar-refractivity contribution in [2.45, 2.75) is 45.6 Å². The summed E-state index contributed by atoms with van der Waals surface area (Å²) in [5.74, 6) is 0.527. The van der Waals surface area contributed by atoms with E-state index in [1.165, 1.54) is 0 Å². The van der Waals surface area contributed by atoms with E-state index in [0.29, 0.717) is 25.2 Å². The number of aliphatic carboxylic acids is 1. The van der Waals surface area contributed by atoms with Crippen molar-refractivity contribution in [2.75, 3.05) is 13.1 Å². The molecule has 0 aliphatic carbocycles. The average Bonchev–Trinajstić information content (AvgIpc) is 2.90. The van der Waals surface area contributed by atoms with Gasteiger partial charge < -0.3 is 9.63 Å². The van der Waals surface area contributed by atoms with Crippen LogP contribution in [0.25, 0.3) is 0 Å². The van der Waals surface area contributed by atoms with E-state index in [1.807, 2.05) is 6.07 Å². The van der Waals surface area contributed by atoms with Gasteiger partial charge in [0.05, 0.1) is 11.1 Å². The van der Waals surface area contributed by atoms with Gasteiger partial charge in [-0.15, -0.1) is 6.58 Å². The first-order valence-corrected chi connectivity index (χ1v) is 7.49. The number of piperidine rings is 1. The number of carboxylic acid groups (broad SMARTS) is 1. The summed E-state index contributed by atoms with van der Waals surface area (Å²) in [6.07, 6.45) is 3.57. The Kier molecular flexibility index (Phi) is 4.83. The summed E-state index contributed by atoms with van der Waals surface area (Å²) in [7, 11) is 0. The maximum Gasteiger partial charge on any atom is 0.310 e. The molecule has 21 heavy (non-hydrogen) atoms. The van der Waals surface area contributed by atoms with Crippen LogP contribution in [0.2, 0.25) is 0 Å². The predicted molar refractivity (Wildman–Crippen MR) is 80.0 cm³/mol. The number of likely N-dealkylation sites (tertiary alicyclic amines) is 1. The van der Waals surface area contributed by atoms with Gasteiger partial charge in [0, 0.05) is 18.5 Å². The molecule has 1 saturated heterocycles. The smallest absolute Gasteiger partial charge is 0.310 e. The molecule has 2 rings (SSSR count). The van der Waals surface area contributed by atoms with E-state index in [1.54, 1.807) is 6.08 Å². The molecule has 1 aliphatic heterocycles. The lowest BCUT2D eigenvalue weighted by atomic mass is 9.75. The summed E-state index contributed by atoms with van der Waals surface area (Å²) >= 11 is 0. The highest BCUT2D eigenvalue weighted by Crippen LogP contribution is 2.36. The lowest BCUT2D eigenvalue weighted by molar-refractivity contribution is -0.152. The first-order valence-electron chi connectivity index (χ1n) is 7.49. The van der Waals surface area contributed by atoms with E-state index in [0.717, 1.165) is 31.1 Å². The molecule has 2 heterocycles. The molecule has 1 aromatic heterocycles. The van der Waals surface area contributed by atoms with Gasteiger partial charge in [-0.25, -0.2) is 0 Å². The maximum atomic E-state index is 11.5. The molecule has 0 radical (unpaired) electrons. The molecule has 0 unspecified atom stereocenters. The van der Waals surface area contributed by atoms with Gasteiger partial charge in [0.15, 0.2) is 0 Å². The van der Waals surface area contributed by atoms with E-state index in [4.69, 9.17) is 4.52 Å². The summed E-state index contributed by atoms with van der Waals surface area (Å²) in [4.78, 5) is 13.8. The van der Waals surface area contributed by atoms with Crippen molar-refractivity contribution in [3.63, 3.8) is 0 Å². The highest BCUT2D eigenvalue weighted by molar-refractivity contribution is 5.75. The number of allylic oxidation sites excluding steroid dienone is 1. The summed E-state index contributed by atoms with van der Waals surface area (Å²) in [5.41, 5.74) is 0.288. The Labute approximate surface area is 125 Å². The number of aromatic nitrogens is 1. The van der Waals surface area contributed by atoms with Crippen LogP contribution in [-0.2, 0) is 11.3 Å².